The van der Waals surface area contributed by atoms with Crippen LogP contribution in [0.1, 0.15) is 24.4 Å². The summed E-state index contributed by atoms with van der Waals surface area (Å²) in [5.74, 6) is 2.14. The predicted octanol–water partition coefficient (Wildman–Crippen LogP) is 2.80. The lowest BCUT2D eigenvalue weighted by molar-refractivity contribution is 0.122. The van der Waals surface area contributed by atoms with E-state index in [4.69, 9.17) is 4.74 Å². The molecule has 4 heterocycles. The van der Waals surface area contributed by atoms with Crippen LogP contribution in [-0.2, 0) is 4.74 Å². The molecule has 3 aromatic rings. The molecule has 152 valence electrons. The van der Waals surface area contributed by atoms with Gasteiger partial charge in [0.25, 0.3) is 0 Å². The Hall–Kier alpha value is -3.27. The maximum absolute atomic E-state index is 13.2. The molecule has 3 aromatic heterocycles. The molecule has 0 radical (unpaired) electrons. The summed E-state index contributed by atoms with van der Waals surface area (Å²) in [6, 6.07) is 6.66. The molecule has 0 aliphatic carbocycles. The summed E-state index contributed by atoms with van der Waals surface area (Å²) in [4.78, 5) is 15.5. The average Bonchev–Trinajstić information content (AvgIpc) is 3.13. The molecule has 1 fully saturated rings. The van der Waals surface area contributed by atoms with Gasteiger partial charge in [-0.1, -0.05) is 0 Å². The van der Waals surface area contributed by atoms with Crippen LogP contribution in [0.5, 0.6) is 0 Å². The first-order chi connectivity index (χ1) is 14.1. The van der Waals surface area contributed by atoms with E-state index in [0.29, 0.717) is 30.8 Å². The van der Waals surface area contributed by atoms with Gasteiger partial charge in [0.15, 0.2) is 5.82 Å². The van der Waals surface area contributed by atoms with Gasteiger partial charge >= 0.3 is 0 Å². The van der Waals surface area contributed by atoms with Gasteiger partial charge in [0.05, 0.1) is 31.1 Å². The third-order valence-corrected chi connectivity index (χ3v) is 4.55. The standard InChI is InChI=1S/C19H23FN8O/c1-12-9-17(27-26-12)24-19-23-16(10-18(25-19)28-5-7-29-8-6-28)22-13(2)15-4-3-14(20)11-21-15/h3-4,9-11,13H,5-8H2,1-2H3,(H3,22,23,24,25,26,27)/t13-/m0/s1. The van der Waals surface area contributed by atoms with Crippen LogP contribution in [0.4, 0.5) is 27.8 Å². The highest BCUT2D eigenvalue weighted by atomic mass is 19.1. The van der Waals surface area contributed by atoms with Crippen LogP contribution in [0.25, 0.3) is 0 Å². The van der Waals surface area contributed by atoms with Gasteiger partial charge < -0.3 is 20.3 Å². The van der Waals surface area contributed by atoms with Gasteiger partial charge in [0.2, 0.25) is 5.95 Å². The minimum absolute atomic E-state index is 0.163. The van der Waals surface area contributed by atoms with Crippen LogP contribution in [-0.4, -0.2) is 51.5 Å². The Morgan fingerprint density at radius 3 is 2.69 bits per heavy atom. The Labute approximate surface area is 167 Å². The van der Waals surface area contributed by atoms with E-state index in [1.54, 1.807) is 6.07 Å². The topological polar surface area (TPSA) is 104 Å². The van der Waals surface area contributed by atoms with E-state index in [-0.39, 0.29) is 11.9 Å². The normalized spacial score (nSPS) is 15.2. The van der Waals surface area contributed by atoms with Crippen LogP contribution in [0.2, 0.25) is 0 Å². The number of H-pyrrole nitrogens is 1. The minimum Gasteiger partial charge on any atom is -0.378 e. The zero-order valence-corrected chi connectivity index (χ0v) is 16.3. The number of morpholine rings is 1. The largest absolute Gasteiger partial charge is 0.378 e. The van der Waals surface area contributed by atoms with Crippen molar-refractivity contribution in [2.45, 2.75) is 19.9 Å². The average molecular weight is 398 g/mol. The second-order valence-electron chi connectivity index (χ2n) is 6.86. The number of pyridine rings is 1. The number of hydrogen-bond acceptors (Lipinski definition) is 8. The van der Waals surface area contributed by atoms with Crippen molar-refractivity contribution in [2.75, 3.05) is 41.8 Å². The summed E-state index contributed by atoms with van der Waals surface area (Å²) in [5, 5.41) is 13.5. The monoisotopic (exact) mass is 398 g/mol. The summed E-state index contributed by atoms with van der Waals surface area (Å²) < 4.78 is 18.6. The zero-order chi connectivity index (χ0) is 20.2. The van der Waals surface area contributed by atoms with Crippen LogP contribution in [0.15, 0.2) is 30.5 Å². The van der Waals surface area contributed by atoms with Crippen LogP contribution in [0.3, 0.4) is 0 Å². The van der Waals surface area contributed by atoms with Crippen molar-refractivity contribution < 1.29 is 9.13 Å². The zero-order valence-electron chi connectivity index (χ0n) is 16.3. The van der Waals surface area contributed by atoms with Crippen molar-refractivity contribution in [3.05, 3.63) is 47.7 Å². The minimum atomic E-state index is -0.363. The molecule has 0 spiro atoms. The smallest absolute Gasteiger partial charge is 0.232 e. The molecule has 0 bridgehead atoms. The molecule has 0 unspecified atom stereocenters. The van der Waals surface area contributed by atoms with Gasteiger partial charge in [-0.15, -0.1) is 0 Å². The molecule has 3 N–H and O–H groups in total. The Balaban J connectivity index is 1.60. The molecule has 4 rings (SSSR count). The molecule has 0 aromatic carbocycles. The fourth-order valence-electron chi connectivity index (χ4n) is 3.05. The molecule has 1 aliphatic heterocycles. The lowest BCUT2D eigenvalue weighted by Gasteiger charge is -2.28. The summed E-state index contributed by atoms with van der Waals surface area (Å²) in [6.07, 6.45) is 1.21. The Morgan fingerprint density at radius 2 is 2.00 bits per heavy atom. The van der Waals surface area contributed by atoms with E-state index in [0.717, 1.165) is 30.3 Å². The van der Waals surface area contributed by atoms with E-state index in [1.165, 1.54) is 12.3 Å². The number of anilines is 4. The number of hydrogen-bond donors (Lipinski definition) is 3. The van der Waals surface area contributed by atoms with Gasteiger partial charge in [-0.3, -0.25) is 10.1 Å². The van der Waals surface area contributed by atoms with Crippen molar-refractivity contribution in [1.29, 1.82) is 0 Å². The second kappa shape index (κ2) is 8.39. The number of aromatic amines is 1. The highest BCUT2D eigenvalue weighted by Crippen LogP contribution is 2.24. The van der Waals surface area contributed by atoms with E-state index < -0.39 is 0 Å². The highest BCUT2D eigenvalue weighted by molar-refractivity contribution is 5.58. The van der Waals surface area contributed by atoms with E-state index in [2.05, 4.69) is 40.7 Å². The lowest BCUT2D eigenvalue weighted by Crippen LogP contribution is -2.37. The third-order valence-electron chi connectivity index (χ3n) is 4.55. The quantitative estimate of drug-likeness (QED) is 0.582. The summed E-state index contributed by atoms with van der Waals surface area (Å²) in [6.45, 7) is 6.70. The summed E-state index contributed by atoms with van der Waals surface area (Å²) in [5.41, 5.74) is 1.65. The van der Waals surface area contributed by atoms with Crippen molar-refractivity contribution in [2.24, 2.45) is 0 Å². The first-order valence-corrected chi connectivity index (χ1v) is 9.45. The van der Waals surface area contributed by atoms with Gasteiger partial charge in [-0.2, -0.15) is 15.1 Å². The number of nitrogens with one attached hydrogen (secondary N) is 3. The van der Waals surface area contributed by atoms with Crippen LogP contribution >= 0.6 is 0 Å². The van der Waals surface area contributed by atoms with Crippen molar-refractivity contribution in [1.82, 2.24) is 25.1 Å². The van der Waals surface area contributed by atoms with E-state index in [1.807, 2.05) is 26.0 Å². The number of halogens is 1. The molecule has 0 saturated carbocycles. The highest BCUT2D eigenvalue weighted by Gasteiger charge is 2.17. The third kappa shape index (κ3) is 4.77. The molecule has 1 aliphatic rings. The number of ether oxygens (including phenoxy) is 1. The second-order valence-corrected chi connectivity index (χ2v) is 6.86. The molecule has 1 atom stereocenters. The first kappa shape index (κ1) is 19.1. The molecule has 9 nitrogen and oxygen atoms in total. The lowest BCUT2D eigenvalue weighted by atomic mass is 10.2. The Kier molecular flexibility index (Phi) is 5.52. The number of nitrogens with zero attached hydrogens (tertiary/aromatic N) is 5. The molecular formula is C19H23FN8O. The van der Waals surface area contributed by atoms with Crippen molar-refractivity contribution in [3.63, 3.8) is 0 Å². The summed E-state index contributed by atoms with van der Waals surface area (Å²) in [7, 11) is 0. The molecule has 29 heavy (non-hydrogen) atoms. The maximum Gasteiger partial charge on any atom is 0.232 e. The van der Waals surface area contributed by atoms with E-state index in [9.17, 15) is 4.39 Å². The predicted molar refractivity (Wildman–Crippen MR) is 108 cm³/mol. The maximum atomic E-state index is 13.2. The fourth-order valence-corrected chi connectivity index (χ4v) is 3.05. The number of aryl methyl sites for hydroxylation is 1. The number of aromatic nitrogens is 5. The van der Waals surface area contributed by atoms with Crippen molar-refractivity contribution >= 4 is 23.4 Å². The fraction of sp³-hybridized carbons (Fsp3) is 0.368. The summed E-state index contributed by atoms with van der Waals surface area (Å²) >= 11 is 0. The molecule has 0 amide bonds. The van der Waals surface area contributed by atoms with Gasteiger partial charge in [0.1, 0.15) is 17.5 Å². The van der Waals surface area contributed by atoms with E-state index >= 15 is 0 Å². The Morgan fingerprint density at radius 1 is 1.17 bits per heavy atom. The van der Waals surface area contributed by atoms with Gasteiger partial charge in [-0.25, -0.2) is 4.39 Å². The van der Waals surface area contributed by atoms with Crippen LogP contribution < -0.4 is 15.5 Å². The Bertz CT molecular complexity index is 955. The molecular weight excluding hydrogens is 375 g/mol. The first-order valence-electron chi connectivity index (χ1n) is 9.45. The SMILES string of the molecule is Cc1cc(Nc2nc(N[C@@H](C)c3ccc(F)cn3)cc(N3CCOCC3)n2)n[nH]1. The molecule has 1 saturated heterocycles. The van der Waals surface area contributed by atoms with Gasteiger partial charge in [-0.05, 0) is 26.0 Å². The van der Waals surface area contributed by atoms with Crippen molar-refractivity contribution in [3.8, 4) is 0 Å². The number of rotatable bonds is 6. The van der Waals surface area contributed by atoms with Crippen LogP contribution in [0, 0.1) is 12.7 Å². The molecule has 10 heteroatoms. The van der Waals surface area contributed by atoms with Gasteiger partial charge in [0, 0.05) is 30.9 Å².